The van der Waals surface area contributed by atoms with E-state index in [1.54, 1.807) is 0 Å². The maximum Gasteiger partial charge on any atom is 0.348 e. The summed E-state index contributed by atoms with van der Waals surface area (Å²) < 4.78 is 21.6. The molecule has 8 nitrogen and oxygen atoms in total. The van der Waals surface area contributed by atoms with E-state index in [1.165, 1.54) is 30.4 Å². The van der Waals surface area contributed by atoms with E-state index in [1.807, 2.05) is 0 Å². The van der Waals surface area contributed by atoms with Gasteiger partial charge < -0.3 is 24.1 Å². The first-order chi connectivity index (χ1) is 14.9. The quantitative estimate of drug-likeness (QED) is 0.291. The molecule has 3 fully saturated rings. The van der Waals surface area contributed by atoms with Gasteiger partial charge in [-0.1, -0.05) is 31.1 Å². The Morgan fingerprint density at radius 2 is 1.16 bits per heavy atom. The van der Waals surface area contributed by atoms with E-state index >= 15 is 0 Å². The molecule has 4 aliphatic rings. The highest BCUT2D eigenvalue weighted by Gasteiger charge is 2.46. The Morgan fingerprint density at radius 1 is 0.645 bits per heavy atom. The van der Waals surface area contributed by atoms with Crippen LogP contribution in [0, 0.1) is 0 Å². The smallest absolute Gasteiger partial charge is 0.348 e. The largest absolute Gasteiger partial charge is 0.574 e. The topological polar surface area (TPSA) is 111 Å². The van der Waals surface area contributed by atoms with E-state index in [2.05, 4.69) is 0 Å². The van der Waals surface area contributed by atoms with Gasteiger partial charge in [-0.2, -0.15) is 0 Å². The van der Waals surface area contributed by atoms with Crippen molar-refractivity contribution in [3.8, 4) is 0 Å². The average Bonchev–Trinajstić information content (AvgIpc) is 2.72. The van der Waals surface area contributed by atoms with Crippen molar-refractivity contribution in [2.24, 2.45) is 0 Å². The predicted molar refractivity (Wildman–Crippen MR) is 104 cm³/mol. The summed E-state index contributed by atoms with van der Waals surface area (Å²) in [5.41, 5.74) is -0.409. The molecular weight excluding hydrogens is 404 g/mol. The van der Waals surface area contributed by atoms with Crippen LogP contribution in [0.25, 0.3) is 0 Å². The molecular formula is C23H25O8-. The first kappa shape index (κ1) is 21.2. The lowest BCUT2D eigenvalue weighted by Crippen LogP contribution is -2.47. The zero-order valence-corrected chi connectivity index (χ0v) is 17.2. The van der Waals surface area contributed by atoms with Crippen molar-refractivity contribution in [3.05, 3.63) is 47.5 Å². The van der Waals surface area contributed by atoms with Crippen LogP contribution in [0.1, 0.15) is 64.2 Å². The number of hydrogen-bond acceptors (Lipinski definition) is 8. The first-order valence-electron chi connectivity index (χ1n) is 10.8. The molecule has 0 aromatic carbocycles. The predicted octanol–water partition coefficient (Wildman–Crippen LogP) is 2.59. The van der Waals surface area contributed by atoms with Crippen LogP contribution in [0.15, 0.2) is 47.5 Å². The van der Waals surface area contributed by atoms with Gasteiger partial charge in [-0.05, 0) is 50.7 Å². The molecule has 2 saturated carbocycles. The maximum atomic E-state index is 12.3. The fourth-order valence-electron chi connectivity index (χ4n) is 4.33. The highest BCUT2D eigenvalue weighted by molar-refractivity contribution is 6.15. The van der Waals surface area contributed by atoms with E-state index in [-0.39, 0.29) is 11.1 Å². The second-order valence-electron chi connectivity index (χ2n) is 8.24. The summed E-state index contributed by atoms with van der Waals surface area (Å²) >= 11 is 0. The number of carbonyl (C=O) groups excluding carboxylic acids is 3. The van der Waals surface area contributed by atoms with Crippen LogP contribution in [-0.2, 0) is 33.3 Å². The van der Waals surface area contributed by atoms with Crippen molar-refractivity contribution in [2.75, 3.05) is 0 Å². The SMILES string of the molecule is O=C1OC2(CCCCC2)OC(=O)C1=CC=CC=CC1=C([O-])OC2(CCCCC2)OC1=O. The van der Waals surface area contributed by atoms with E-state index in [0.29, 0.717) is 25.7 Å². The molecule has 0 atom stereocenters. The van der Waals surface area contributed by atoms with Crippen molar-refractivity contribution in [1.29, 1.82) is 0 Å². The van der Waals surface area contributed by atoms with E-state index in [0.717, 1.165) is 38.5 Å². The average molecular weight is 429 g/mol. The van der Waals surface area contributed by atoms with Gasteiger partial charge in [-0.3, -0.25) is 0 Å². The summed E-state index contributed by atoms with van der Waals surface area (Å²) in [7, 11) is 0. The zero-order valence-electron chi connectivity index (χ0n) is 17.2. The third-order valence-corrected chi connectivity index (χ3v) is 5.97. The standard InChI is InChI=1S/C23H26O8/c24-18-16(19(25)29-22(28-18)12-6-2-7-13-22)10-4-1-5-11-17-20(26)30-23(31-21(17)27)14-8-3-9-15-23/h1,4-5,10-11,24H,2-3,6-9,12-15H2/p-1. The van der Waals surface area contributed by atoms with Crippen LogP contribution in [-0.4, -0.2) is 29.5 Å². The summed E-state index contributed by atoms with van der Waals surface area (Å²) in [6.07, 6.45) is 14.4. The van der Waals surface area contributed by atoms with Gasteiger partial charge in [0.05, 0.1) is 11.5 Å². The molecule has 1 saturated heterocycles. The Hall–Kier alpha value is -3.03. The second kappa shape index (κ2) is 8.61. The highest BCUT2D eigenvalue weighted by atomic mass is 16.8. The zero-order chi connectivity index (χ0) is 21.9. The summed E-state index contributed by atoms with van der Waals surface area (Å²) in [6, 6.07) is 0. The molecule has 2 spiro atoms. The van der Waals surface area contributed by atoms with Gasteiger partial charge in [-0.15, -0.1) is 0 Å². The number of ether oxygens (including phenoxy) is 4. The molecule has 0 unspecified atom stereocenters. The molecule has 2 aliphatic carbocycles. The van der Waals surface area contributed by atoms with Gasteiger partial charge in [0.2, 0.25) is 0 Å². The third-order valence-electron chi connectivity index (χ3n) is 5.97. The summed E-state index contributed by atoms with van der Waals surface area (Å²) in [4.78, 5) is 36.8. The lowest BCUT2D eigenvalue weighted by molar-refractivity contribution is -0.401. The monoisotopic (exact) mass is 429 g/mol. The molecule has 0 aromatic heterocycles. The fraction of sp³-hybridized carbons (Fsp3) is 0.522. The van der Waals surface area contributed by atoms with Crippen LogP contribution >= 0.6 is 0 Å². The normalized spacial score (nSPS) is 25.5. The van der Waals surface area contributed by atoms with Crippen LogP contribution in [0.3, 0.4) is 0 Å². The summed E-state index contributed by atoms with van der Waals surface area (Å²) in [6.45, 7) is 0. The lowest BCUT2D eigenvalue weighted by Gasteiger charge is -2.46. The van der Waals surface area contributed by atoms with E-state index in [9.17, 15) is 19.5 Å². The van der Waals surface area contributed by atoms with Gasteiger partial charge in [0.25, 0.3) is 5.79 Å². The van der Waals surface area contributed by atoms with E-state index < -0.39 is 35.4 Å². The van der Waals surface area contributed by atoms with Gasteiger partial charge >= 0.3 is 17.9 Å². The van der Waals surface area contributed by atoms with Gasteiger partial charge in [0.15, 0.2) is 5.79 Å². The second-order valence-corrected chi connectivity index (χ2v) is 8.24. The molecule has 8 heteroatoms. The van der Waals surface area contributed by atoms with Crippen molar-refractivity contribution < 1.29 is 38.4 Å². The van der Waals surface area contributed by atoms with Crippen LogP contribution in [0.4, 0.5) is 0 Å². The molecule has 2 heterocycles. The first-order valence-corrected chi connectivity index (χ1v) is 10.8. The van der Waals surface area contributed by atoms with Crippen LogP contribution in [0.5, 0.6) is 0 Å². The molecule has 0 amide bonds. The molecule has 4 rings (SSSR count). The molecule has 0 bridgehead atoms. The molecule has 0 aromatic rings. The maximum absolute atomic E-state index is 12.3. The Kier molecular flexibility index (Phi) is 5.89. The summed E-state index contributed by atoms with van der Waals surface area (Å²) in [5.74, 6) is -5.09. The Balaban J connectivity index is 1.39. The molecule has 2 aliphatic heterocycles. The molecule has 31 heavy (non-hydrogen) atoms. The van der Waals surface area contributed by atoms with Gasteiger partial charge in [-0.25, -0.2) is 14.4 Å². The number of allylic oxidation sites excluding steroid dienone is 4. The van der Waals surface area contributed by atoms with E-state index in [4.69, 9.17) is 18.9 Å². The minimum atomic E-state index is -1.12. The molecule has 166 valence electrons. The highest BCUT2D eigenvalue weighted by Crippen LogP contribution is 2.38. The fourth-order valence-corrected chi connectivity index (χ4v) is 4.33. The van der Waals surface area contributed by atoms with Crippen molar-refractivity contribution in [1.82, 2.24) is 0 Å². The number of hydrogen-bond donors (Lipinski definition) is 0. The van der Waals surface area contributed by atoms with Gasteiger partial charge in [0.1, 0.15) is 5.57 Å². The van der Waals surface area contributed by atoms with Crippen molar-refractivity contribution >= 4 is 17.9 Å². The van der Waals surface area contributed by atoms with Crippen LogP contribution in [0.2, 0.25) is 0 Å². The number of esters is 3. The minimum Gasteiger partial charge on any atom is -0.574 e. The Bertz CT molecular complexity index is 857. The number of carbonyl (C=O) groups is 3. The Morgan fingerprint density at radius 3 is 1.71 bits per heavy atom. The van der Waals surface area contributed by atoms with Crippen LogP contribution < -0.4 is 5.11 Å². The van der Waals surface area contributed by atoms with Crippen molar-refractivity contribution in [2.45, 2.75) is 75.8 Å². The summed E-state index contributed by atoms with van der Waals surface area (Å²) in [5, 5.41) is 12.3. The van der Waals surface area contributed by atoms with Crippen molar-refractivity contribution in [3.63, 3.8) is 0 Å². The van der Waals surface area contributed by atoms with Gasteiger partial charge in [0, 0.05) is 12.8 Å². The molecule has 0 radical (unpaired) electrons. The lowest BCUT2D eigenvalue weighted by atomic mass is 9.93. The Labute approximate surface area is 180 Å². The third kappa shape index (κ3) is 4.52. The molecule has 0 N–H and O–H groups in total. The number of rotatable bonds is 3. The minimum absolute atomic E-state index is 0.204.